The van der Waals surface area contributed by atoms with E-state index in [-0.39, 0.29) is 10.6 Å². The van der Waals surface area contributed by atoms with Crippen LogP contribution in [0.1, 0.15) is 45.1 Å². The number of hydrogen-bond acceptors (Lipinski definition) is 5. The molecular weight excluding hydrogens is 264 g/mol. The normalized spacial score (nSPS) is 14.2. The molecule has 19 heavy (non-hydrogen) atoms. The number of anilines is 1. The van der Waals surface area contributed by atoms with Crippen LogP contribution >= 0.6 is 11.3 Å². The highest BCUT2D eigenvalue weighted by atomic mass is 32.1. The molecule has 1 aromatic rings. The van der Waals surface area contributed by atoms with Gasteiger partial charge in [0.1, 0.15) is 0 Å². The van der Waals surface area contributed by atoms with Gasteiger partial charge in [0, 0.05) is 24.0 Å². The van der Waals surface area contributed by atoms with Gasteiger partial charge in [0.05, 0.1) is 11.0 Å². The lowest BCUT2D eigenvalue weighted by Gasteiger charge is -2.23. The Labute approximate surface area is 118 Å². The SMILES string of the molecule is CCC(C)CN(CC)c1sc(C(C)O)cc1[N+](=O)[O-]. The van der Waals surface area contributed by atoms with Crippen molar-refractivity contribution in [1.29, 1.82) is 0 Å². The second kappa shape index (κ2) is 6.86. The fraction of sp³-hybridized carbons (Fsp3) is 0.692. The van der Waals surface area contributed by atoms with E-state index in [1.54, 1.807) is 6.92 Å². The molecule has 0 spiro atoms. The van der Waals surface area contributed by atoms with Crippen LogP contribution in [0.25, 0.3) is 0 Å². The van der Waals surface area contributed by atoms with E-state index in [1.807, 2.05) is 11.8 Å². The number of rotatable bonds is 7. The predicted molar refractivity (Wildman–Crippen MR) is 78.9 cm³/mol. The molecule has 0 amide bonds. The maximum Gasteiger partial charge on any atom is 0.304 e. The van der Waals surface area contributed by atoms with Gasteiger partial charge >= 0.3 is 5.69 Å². The van der Waals surface area contributed by atoms with Crippen LogP contribution in [0.2, 0.25) is 0 Å². The number of nitro groups is 1. The average molecular weight is 286 g/mol. The molecule has 0 aliphatic carbocycles. The Kier molecular flexibility index (Phi) is 5.75. The average Bonchev–Trinajstić information content (AvgIpc) is 2.80. The van der Waals surface area contributed by atoms with Gasteiger partial charge in [-0.05, 0) is 19.8 Å². The van der Waals surface area contributed by atoms with Crippen LogP contribution in [-0.2, 0) is 0 Å². The lowest BCUT2D eigenvalue weighted by atomic mass is 10.1. The van der Waals surface area contributed by atoms with E-state index >= 15 is 0 Å². The Hall–Kier alpha value is -1.14. The second-order valence-electron chi connectivity index (χ2n) is 4.82. The molecule has 0 saturated heterocycles. The molecule has 6 heteroatoms. The van der Waals surface area contributed by atoms with Crippen molar-refractivity contribution in [3.8, 4) is 0 Å². The molecule has 2 atom stereocenters. The Morgan fingerprint density at radius 1 is 1.47 bits per heavy atom. The topological polar surface area (TPSA) is 66.6 Å². The van der Waals surface area contributed by atoms with Crippen LogP contribution in [0.3, 0.4) is 0 Å². The van der Waals surface area contributed by atoms with Gasteiger partial charge in [0.15, 0.2) is 5.00 Å². The zero-order valence-electron chi connectivity index (χ0n) is 11.9. The van der Waals surface area contributed by atoms with Crippen LogP contribution < -0.4 is 4.90 Å². The maximum absolute atomic E-state index is 11.1. The van der Waals surface area contributed by atoms with Crippen LogP contribution in [0, 0.1) is 16.0 Å². The minimum Gasteiger partial charge on any atom is -0.388 e. The molecule has 0 fully saturated rings. The molecule has 1 rings (SSSR count). The molecule has 1 aromatic heterocycles. The fourth-order valence-electron chi connectivity index (χ4n) is 1.81. The minimum atomic E-state index is -0.667. The predicted octanol–water partition coefficient (Wildman–Crippen LogP) is 3.58. The van der Waals surface area contributed by atoms with Gasteiger partial charge in [-0.2, -0.15) is 0 Å². The summed E-state index contributed by atoms with van der Waals surface area (Å²) in [6.45, 7) is 9.40. The molecule has 0 bridgehead atoms. The Bertz CT molecular complexity index is 432. The van der Waals surface area contributed by atoms with Crippen molar-refractivity contribution < 1.29 is 10.0 Å². The molecule has 1 heterocycles. The summed E-state index contributed by atoms with van der Waals surface area (Å²) in [5.41, 5.74) is 0.103. The van der Waals surface area contributed by atoms with E-state index in [2.05, 4.69) is 13.8 Å². The number of aliphatic hydroxyl groups excluding tert-OH is 1. The standard InChI is InChI=1S/C13H22N2O3S/c1-5-9(3)8-14(6-2)13-11(15(17)18)7-12(19-13)10(4)16/h7,9-10,16H,5-6,8H2,1-4H3. The molecule has 0 aliphatic heterocycles. The molecule has 2 unspecified atom stereocenters. The van der Waals surface area contributed by atoms with Crippen molar-refractivity contribution in [3.05, 3.63) is 21.1 Å². The van der Waals surface area contributed by atoms with Gasteiger partial charge < -0.3 is 10.0 Å². The summed E-state index contributed by atoms with van der Waals surface area (Å²) in [7, 11) is 0. The van der Waals surface area contributed by atoms with Crippen LogP contribution in [-0.4, -0.2) is 23.1 Å². The number of thiophene rings is 1. The first-order valence-electron chi connectivity index (χ1n) is 6.61. The summed E-state index contributed by atoms with van der Waals surface area (Å²) < 4.78 is 0. The van der Waals surface area contributed by atoms with Gasteiger partial charge in [-0.25, -0.2) is 0 Å². The van der Waals surface area contributed by atoms with E-state index in [4.69, 9.17) is 0 Å². The highest BCUT2D eigenvalue weighted by Crippen LogP contribution is 2.40. The summed E-state index contributed by atoms with van der Waals surface area (Å²) in [5, 5.41) is 21.4. The first-order chi connectivity index (χ1) is 8.90. The molecule has 0 radical (unpaired) electrons. The summed E-state index contributed by atoms with van der Waals surface area (Å²) in [6, 6.07) is 1.49. The van der Waals surface area contributed by atoms with Gasteiger partial charge in [0.25, 0.3) is 0 Å². The Balaban J connectivity index is 3.10. The molecule has 5 nitrogen and oxygen atoms in total. The van der Waals surface area contributed by atoms with Crippen molar-refractivity contribution in [3.63, 3.8) is 0 Å². The van der Waals surface area contributed by atoms with Crippen LogP contribution in [0.4, 0.5) is 10.7 Å². The Morgan fingerprint density at radius 3 is 2.53 bits per heavy atom. The summed E-state index contributed by atoms with van der Waals surface area (Å²) in [4.78, 5) is 13.4. The summed E-state index contributed by atoms with van der Waals surface area (Å²) in [6.07, 6.45) is 0.374. The smallest absolute Gasteiger partial charge is 0.304 e. The summed E-state index contributed by atoms with van der Waals surface area (Å²) >= 11 is 1.32. The van der Waals surface area contributed by atoms with E-state index < -0.39 is 6.10 Å². The van der Waals surface area contributed by atoms with Gasteiger partial charge in [-0.15, -0.1) is 11.3 Å². The number of aliphatic hydroxyl groups is 1. The van der Waals surface area contributed by atoms with E-state index in [9.17, 15) is 15.2 Å². The largest absolute Gasteiger partial charge is 0.388 e. The molecule has 0 saturated carbocycles. The third-order valence-electron chi connectivity index (χ3n) is 3.22. The zero-order valence-corrected chi connectivity index (χ0v) is 12.7. The van der Waals surface area contributed by atoms with Gasteiger partial charge in [-0.3, -0.25) is 10.1 Å². The maximum atomic E-state index is 11.1. The van der Waals surface area contributed by atoms with Crippen molar-refractivity contribution in [1.82, 2.24) is 0 Å². The van der Waals surface area contributed by atoms with Crippen molar-refractivity contribution in [2.45, 2.75) is 40.2 Å². The lowest BCUT2D eigenvalue weighted by Crippen LogP contribution is -2.27. The second-order valence-corrected chi connectivity index (χ2v) is 5.89. The summed E-state index contributed by atoms with van der Waals surface area (Å²) in [5.74, 6) is 0.483. The molecular formula is C13H22N2O3S. The van der Waals surface area contributed by atoms with Gasteiger partial charge in [-0.1, -0.05) is 20.3 Å². The fourth-order valence-corrected chi connectivity index (χ4v) is 2.95. The van der Waals surface area contributed by atoms with Crippen LogP contribution in [0.5, 0.6) is 0 Å². The third kappa shape index (κ3) is 3.91. The highest BCUT2D eigenvalue weighted by Gasteiger charge is 2.25. The Morgan fingerprint density at radius 2 is 2.11 bits per heavy atom. The third-order valence-corrected chi connectivity index (χ3v) is 4.57. The first kappa shape index (κ1) is 15.9. The molecule has 1 N–H and O–H groups in total. The van der Waals surface area contributed by atoms with Crippen molar-refractivity contribution in [2.75, 3.05) is 18.0 Å². The highest BCUT2D eigenvalue weighted by molar-refractivity contribution is 7.16. The van der Waals surface area contributed by atoms with E-state index in [0.717, 1.165) is 19.5 Å². The minimum absolute atomic E-state index is 0.103. The quantitative estimate of drug-likeness (QED) is 0.614. The van der Waals surface area contributed by atoms with Gasteiger partial charge in [0.2, 0.25) is 0 Å². The monoisotopic (exact) mass is 286 g/mol. The van der Waals surface area contributed by atoms with E-state index in [1.165, 1.54) is 17.4 Å². The molecule has 0 aliphatic rings. The number of nitrogens with zero attached hydrogens (tertiary/aromatic N) is 2. The van der Waals surface area contributed by atoms with Crippen molar-refractivity contribution in [2.24, 2.45) is 5.92 Å². The zero-order chi connectivity index (χ0) is 14.6. The molecule has 108 valence electrons. The van der Waals surface area contributed by atoms with Crippen LogP contribution in [0.15, 0.2) is 6.07 Å². The molecule has 0 aromatic carbocycles. The lowest BCUT2D eigenvalue weighted by molar-refractivity contribution is -0.383. The van der Waals surface area contributed by atoms with E-state index in [0.29, 0.717) is 15.8 Å². The first-order valence-corrected chi connectivity index (χ1v) is 7.43. The number of hydrogen-bond donors (Lipinski definition) is 1. The van der Waals surface area contributed by atoms with Crippen molar-refractivity contribution >= 4 is 22.0 Å².